The second-order valence-corrected chi connectivity index (χ2v) is 7.10. The number of benzene rings is 2. The molecule has 1 unspecified atom stereocenters. The van der Waals surface area contributed by atoms with Gasteiger partial charge in [-0.3, -0.25) is 9.78 Å². The van der Waals surface area contributed by atoms with Crippen LogP contribution in [-0.2, 0) is 9.53 Å². The van der Waals surface area contributed by atoms with Gasteiger partial charge < -0.3 is 14.8 Å². The van der Waals surface area contributed by atoms with Gasteiger partial charge in [-0.2, -0.15) is 0 Å². The van der Waals surface area contributed by atoms with Crippen LogP contribution in [0.15, 0.2) is 97.5 Å². The molecule has 7 nitrogen and oxygen atoms in total. The van der Waals surface area contributed by atoms with Crippen LogP contribution in [-0.4, -0.2) is 27.9 Å². The molecule has 1 atom stereocenters. The normalized spacial score (nSPS) is 11.3. The number of nitrogens with one attached hydrogen (secondary N) is 1. The van der Waals surface area contributed by atoms with E-state index < -0.39 is 18.0 Å². The first-order valence-electron chi connectivity index (χ1n) is 10.3. The summed E-state index contributed by atoms with van der Waals surface area (Å²) in [5.41, 5.74) is 2.55. The van der Waals surface area contributed by atoms with Crippen molar-refractivity contribution in [2.24, 2.45) is 0 Å². The van der Waals surface area contributed by atoms with Crippen molar-refractivity contribution >= 4 is 17.6 Å². The Balaban J connectivity index is 1.46. The summed E-state index contributed by atoms with van der Waals surface area (Å²) in [5.74, 6) is -0.683. The predicted molar refractivity (Wildman–Crippen MR) is 124 cm³/mol. The third kappa shape index (κ3) is 5.40. The number of nitrogens with zero attached hydrogens (tertiary/aromatic N) is 2. The molecule has 0 radical (unpaired) electrons. The predicted octanol–water partition coefficient (Wildman–Crippen LogP) is 5.12. The minimum absolute atomic E-state index is 0.0672. The average molecular weight is 439 g/mol. The number of rotatable bonds is 7. The lowest BCUT2D eigenvalue weighted by atomic mass is 10.0. The molecule has 4 aromatic rings. The van der Waals surface area contributed by atoms with Crippen LogP contribution >= 0.6 is 0 Å². The minimum Gasteiger partial charge on any atom is -0.449 e. The first-order valence-corrected chi connectivity index (χ1v) is 10.3. The summed E-state index contributed by atoms with van der Waals surface area (Å²) in [6, 6.07) is 23.7. The summed E-state index contributed by atoms with van der Waals surface area (Å²) in [6.45, 7) is 1.51. The van der Waals surface area contributed by atoms with E-state index in [1.807, 2.05) is 48.5 Å². The highest BCUT2D eigenvalue weighted by molar-refractivity contribution is 6.00. The van der Waals surface area contributed by atoms with Gasteiger partial charge >= 0.3 is 5.97 Å². The van der Waals surface area contributed by atoms with E-state index in [0.717, 1.165) is 11.1 Å². The highest BCUT2D eigenvalue weighted by Gasteiger charge is 2.23. The van der Waals surface area contributed by atoms with Gasteiger partial charge in [0.05, 0.1) is 6.20 Å². The maximum atomic E-state index is 12.8. The van der Waals surface area contributed by atoms with Gasteiger partial charge in [-0.25, -0.2) is 9.78 Å². The van der Waals surface area contributed by atoms with E-state index >= 15 is 0 Å². The number of esters is 1. The van der Waals surface area contributed by atoms with Crippen LogP contribution in [0.2, 0.25) is 0 Å². The van der Waals surface area contributed by atoms with Crippen LogP contribution in [0.4, 0.5) is 5.69 Å². The van der Waals surface area contributed by atoms with Gasteiger partial charge in [0.15, 0.2) is 6.10 Å². The molecule has 1 amide bonds. The summed E-state index contributed by atoms with van der Waals surface area (Å²) in [5, 5.41) is 2.85. The Bertz CT molecular complexity index is 1250. The number of aromatic nitrogens is 2. The molecule has 164 valence electrons. The Hall–Kier alpha value is -4.52. The Morgan fingerprint density at radius 3 is 2.42 bits per heavy atom. The highest BCUT2D eigenvalue weighted by Crippen LogP contribution is 2.28. The summed E-state index contributed by atoms with van der Waals surface area (Å²) < 4.78 is 11.1. The number of pyridine rings is 2. The number of carbonyl (C=O) groups is 2. The largest absolute Gasteiger partial charge is 0.449 e. The van der Waals surface area contributed by atoms with Crippen molar-refractivity contribution in [3.63, 3.8) is 0 Å². The van der Waals surface area contributed by atoms with Gasteiger partial charge in [0.1, 0.15) is 11.3 Å². The van der Waals surface area contributed by atoms with E-state index in [-0.39, 0.29) is 11.4 Å². The number of ether oxygens (including phenoxy) is 2. The lowest BCUT2D eigenvalue weighted by molar-refractivity contribution is -0.123. The summed E-state index contributed by atoms with van der Waals surface area (Å²) in [6.07, 6.45) is 3.56. The molecule has 0 spiro atoms. The Kier molecular flexibility index (Phi) is 6.70. The van der Waals surface area contributed by atoms with Crippen molar-refractivity contribution in [2.75, 3.05) is 5.32 Å². The quantitative estimate of drug-likeness (QED) is 0.402. The van der Waals surface area contributed by atoms with Crippen molar-refractivity contribution in [2.45, 2.75) is 13.0 Å². The molecule has 0 bridgehead atoms. The first-order chi connectivity index (χ1) is 16.1. The molecule has 1 N–H and O–H groups in total. The zero-order valence-corrected chi connectivity index (χ0v) is 17.8. The van der Waals surface area contributed by atoms with Crippen LogP contribution in [0.3, 0.4) is 0 Å². The zero-order valence-electron chi connectivity index (χ0n) is 17.8. The zero-order chi connectivity index (χ0) is 23.0. The molecule has 7 heteroatoms. The molecule has 0 saturated heterocycles. The first kappa shape index (κ1) is 21.7. The number of hydrogen-bond donors (Lipinski definition) is 1. The summed E-state index contributed by atoms with van der Waals surface area (Å²) >= 11 is 0. The van der Waals surface area contributed by atoms with Crippen LogP contribution in [0, 0.1) is 0 Å². The maximum Gasteiger partial charge on any atom is 0.344 e. The lowest BCUT2D eigenvalue weighted by Crippen LogP contribution is -2.30. The number of anilines is 1. The van der Waals surface area contributed by atoms with Crippen molar-refractivity contribution in [3.05, 3.63) is 103 Å². The molecule has 2 heterocycles. The van der Waals surface area contributed by atoms with Crippen LogP contribution < -0.4 is 10.1 Å². The van der Waals surface area contributed by atoms with E-state index in [1.165, 1.54) is 25.4 Å². The molecule has 0 aliphatic rings. The van der Waals surface area contributed by atoms with Gasteiger partial charge in [0.2, 0.25) is 5.88 Å². The average Bonchev–Trinajstić information content (AvgIpc) is 2.86. The fraction of sp³-hybridized carbons (Fsp3) is 0.0769. The highest BCUT2D eigenvalue weighted by atomic mass is 16.6. The minimum atomic E-state index is -1.05. The summed E-state index contributed by atoms with van der Waals surface area (Å²) in [7, 11) is 0. The van der Waals surface area contributed by atoms with Gasteiger partial charge in [-0.05, 0) is 42.8 Å². The standard InChI is InChI=1S/C26H21N3O4/c1-18(24(30)29-23-14-6-5-12-21(23)19-9-3-2-4-10-19)32-26(31)22-13-8-16-28-25(22)33-20-11-7-15-27-17-20/h2-18H,1H3,(H,29,30). The van der Waals surface area contributed by atoms with E-state index in [2.05, 4.69) is 15.3 Å². The third-order valence-electron chi connectivity index (χ3n) is 4.76. The van der Waals surface area contributed by atoms with Gasteiger partial charge in [-0.1, -0.05) is 48.5 Å². The van der Waals surface area contributed by atoms with Crippen molar-refractivity contribution in [3.8, 4) is 22.8 Å². The van der Waals surface area contributed by atoms with Crippen LogP contribution in [0.5, 0.6) is 11.6 Å². The smallest absolute Gasteiger partial charge is 0.344 e. The van der Waals surface area contributed by atoms with Crippen molar-refractivity contribution < 1.29 is 19.1 Å². The molecule has 0 fully saturated rings. The molecule has 2 aromatic heterocycles. The van der Waals surface area contributed by atoms with E-state index in [9.17, 15) is 9.59 Å². The number of hydrogen-bond acceptors (Lipinski definition) is 6. The molecule has 0 aliphatic heterocycles. The van der Waals surface area contributed by atoms with Crippen molar-refractivity contribution in [1.82, 2.24) is 9.97 Å². The Morgan fingerprint density at radius 1 is 0.879 bits per heavy atom. The summed E-state index contributed by atoms with van der Waals surface area (Å²) in [4.78, 5) is 33.7. The van der Waals surface area contributed by atoms with Crippen LogP contribution in [0.25, 0.3) is 11.1 Å². The van der Waals surface area contributed by atoms with E-state index in [4.69, 9.17) is 9.47 Å². The maximum absolute atomic E-state index is 12.8. The van der Waals surface area contributed by atoms with Gasteiger partial charge in [0.25, 0.3) is 5.91 Å². The fourth-order valence-corrected chi connectivity index (χ4v) is 3.12. The van der Waals surface area contributed by atoms with Gasteiger partial charge in [-0.15, -0.1) is 0 Å². The lowest BCUT2D eigenvalue weighted by Gasteiger charge is -2.16. The van der Waals surface area contributed by atoms with Crippen LogP contribution in [0.1, 0.15) is 17.3 Å². The van der Waals surface area contributed by atoms with Gasteiger partial charge in [0, 0.05) is 23.6 Å². The molecular weight excluding hydrogens is 418 g/mol. The molecule has 33 heavy (non-hydrogen) atoms. The van der Waals surface area contributed by atoms with Crippen molar-refractivity contribution in [1.29, 1.82) is 0 Å². The fourth-order valence-electron chi connectivity index (χ4n) is 3.12. The third-order valence-corrected chi connectivity index (χ3v) is 4.76. The number of para-hydroxylation sites is 1. The number of amides is 1. The topological polar surface area (TPSA) is 90.4 Å². The second-order valence-electron chi connectivity index (χ2n) is 7.10. The molecule has 2 aromatic carbocycles. The SMILES string of the molecule is CC(OC(=O)c1cccnc1Oc1cccnc1)C(=O)Nc1ccccc1-c1ccccc1. The Morgan fingerprint density at radius 2 is 1.64 bits per heavy atom. The molecule has 4 rings (SSSR count). The molecule has 0 aliphatic carbocycles. The molecule has 0 saturated carbocycles. The Labute approximate surface area is 191 Å². The molecular formula is C26H21N3O4. The monoisotopic (exact) mass is 439 g/mol. The van der Waals surface area contributed by atoms with E-state index in [1.54, 1.807) is 30.5 Å². The van der Waals surface area contributed by atoms with E-state index in [0.29, 0.717) is 11.4 Å². The number of carbonyl (C=O) groups excluding carboxylic acids is 2. The second kappa shape index (κ2) is 10.2.